The molecule has 1 aliphatic rings. The number of amides is 1. The predicted octanol–water partition coefficient (Wildman–Crippen LogP) is 2.93. The van der Waals surface area contributed by atoms with Crippen LogP contribution >= 0.6 is 11.6 Å². The minimum atomic E-state index is -3.38. The van der Waals surface area contributed by atoms with Crippen LogP contribution < -0.4 is 4.31 Å². The highest BCUT2D eigenvalue weighted by molar-refractivity contribution is 7.92. The molecule has 2 aromatic rings. The molecule has 0 fully saturated rings. The Kier molecular flexibility index (Phi) is 4.75. The lowest BCUT2D eigenvalue weighted by Crippen LogP contribution is -2.36. The zero-order valence-electron chi connectivity index (χ0n) is 14.1. The van der Waals surface area contributed by atoms with Gasteiger partial charge in [0.25, 0.3) is 5.91 Å². The average Bonchev–Trinajstić information content (AvgIpc) is 2.59. The number of nitrogens with zero attached hydrogens (tertiary/aromatic N) is 2. The van der Waals surface area contributed by atoms with Crippen molar-refractivity contribution in [2.75, 3.05) is 24.2 Å². The van der Waals surface area contributed by atoms with Gasteiger partial charge in [0.05, 0.1) is 22.5 Å². The summed E-state index contributed by atoms with van der Waals surface area (Å²) in [6, 6.07) is 12.8. The lowest BCUT2D eigenvalue weighted by Gasteiger charge is -2.29. The second-order valence-corrected chi connectivity index (χ2v) is 8.56. The summed E-state index contributed by atoms with van der Waals surface area (Å²) in [5.41, 5.74) is 3.22. The standard InChI is InChI=1S/C18H19ClN2O3S/c1-20(25(2,23)24)15-7-8-16(17(19)11-15)18(22)21-10-9-13-5-3-4-6-14(13)12-21/h3-8,11H,9-10,12H2,1-2H3. The summed E-state index contributed by atoms with van der Waals surface area (Å²) in [5, 5.41) is 0.247. The molecule has 0 bridgehead atoms. The topological polar surface area (TPSA) is 57.7 Å². The Morgan fingerprint density at radius 3 is 2.48 bits per heavy atom. The molecule has 0 radical (unpaired) electrons. The van der Waals surface area contributed by atoms with E-state index < -0.39 is 10.0 Å². The minimum Gasteiger partial charge on any atom is -0.334 e. The van der Waals surface area contributed by atoms with E-state index in [0.717, 1.165) is 22.5 Å². The fraction of sp³-hybridized carbons (Fsp3) is 0.278. The first-order valence-corrected chi connectivity index (χ1v) is 10.1. The van der Waals surface area contributed by atoms with Gasteiger partial charge in [-0.3, -0.25) is 9.10 Å². The van der Waals surface area contributed by atoms with Crippen molar-refractivity contribution in [2.45, 2.75) is 13.0 Å². The minimum absolute atomic E-state index is 0.145. The number of sulfonamides is 1. The Bertz CT molecular complexity index is 928. The van der Waals surface area contributed by atoms with Crippen LogP contribution in [0, 0.1) is 0 Å². The molecule has 0 atom stereocenters. The van der Waals surface area contributed by atoms with Gasteiger partial charge in [-0.25, -0.2) is 8.42 Å². The van der Waals surface area contributed by atoms with Gasteiger partial charge in [0, 0.05) is 20.1 Å². The predicted molar refractivity (Wildman–Crippen MR) is 99.6 cm³/mol. The van der Waals surface area contributed by atoms with E-state index in [1.54, 1.807) is 17.0 Å². The van der Waals surface area contributed by atoms with Crippen LogP contribution in [0.25, 0.3) is 0 Å². The largest absolute Gasteiger partial charge is 0.334 e. The summed E-state index contributed by atoms with van der Waals surface area (Å²) in [4.78, 5) is 14.6. The number of hydrogen-bond donors (Lipinski definition) is 0. The van der Waals surface area contributed by atoms with E-state index in [1.165, 1.54) is 18.7 Å². The molecule has 3 rings (SSSR count). The summed E-state index contributed by atoms with van der Waals surface area (Å²) in [6.07, 6.45) is 1.93. The highest BCUT2D eigenvalue weighted by Crippen LogP contribution is 2.27. The number of benzene rings is 2. The van der Waals surface area contributed by atoms with Crippen LogP contribution in [0.1, 0.15) is 21.5 Å². The van der Waals surface area contributed by atoms with Crippen LogP contribution in [0.2, 0.25) is 5.02 Å². The highest BCUT2D eigenvalue weighted by Gasteiger charge is 2.24. The molecular weight excluding hydrogens is 360 g/mol. The van der Waals surface area contributed by atoms with Crippen LogP contribution in [-0.2, 0) is 23.0 Å². The fourth-order valence-electron chi connectivity index (χ4n) is 2.90. The maximum Gasteiger partial charge on any atom is 0.255 e. The maximum atomic E-state index is 12.8. The van der Waals surface area contributed by atoms with Crippen LogP contribution in [0.15, 0.2) is 42.5 Å². The normalized spacial score (nSPS) is 14.1. The van der Waals surface area contributed by atoms with Crippen molar-refractivity contribution in [3.63, 3.8) is 0 Å². The first-order chi connectivity index (χ1) is 11.8. The van der Waals surface area contributed by atoms with Crippen molar-refractivity contribution in [1.29, 1.82) is 0 Å². The molecule has 0 saturated carbocycles. The van der Waals surface area contributed by atoms with Crippen molar-refractivity contribution in [3.05, 3.63) is 64.2 Å². The van der Waals surface area contributed by atoms with Crippen LogP contribution in [0.3, 0.4) is 0 Å². The summed E-state index contributed by atoms with van der Waals surface area (Å²) < 4.78 is 24.4. The zero-order chi connectivity index (χ0) is 18.2. The number of carbonyl (C=O) groups is 1. The SMILES string of the molecule is CN(c1ccc(C(=O)N2CCc3ccccc3C2)c(Cl)c1)S(C)(=O)=O. The lowest BCUT2D eigenvalue weighted by molar-refractivity contribution is 0.0735. The molecule has 1 aliphatic heterocycles. The molecule has 0 spiro atoms. The summed E-state index contributed by atoms with van der Waals surface area (Å²) in [5.74, 6) is -0.145. The molecule has 0 N–H and O–H groups in total. The molecule has 0 aromatic heterocycles. The van der Waals surface area contributed by atoms with Gasteiger partial charge in [-0.05, 0) is 35.7 Å². The van der Waals surface area contributed by atoms with Gasteiger partial charge >= 0.3 is 0 Å². The van der Waals surface area contributed by atoms with Crippen molar-refractivity contribution >= 4 is 33.2 Å². The number of hydrogen-bond acceptors (Lipinski definition) is 3. The molecule has 1 amide bonds. The van der Waals surface area contributed by atoms with E-state index >= 15 is 0 Å². The number of anilines is 1. The van der Waals surface area contributed by atoms with Crippen LogP contribution in [0.5, 0.6) is 0 Å². The van der Waals surface area contributed by atoms with Gasteiger partial charge in [0.2, 0.25) is 10.0 Å². The van der Waals surface area contributed by atoms with E-state index in [9.17, 15) is 13.2 Å². The van der Waals surface area contributed by atoms with E-state index in [2.05, 4.69) is 6.07 Å². The van der Waals surface area contributed by atoms with Gasteiger partial charge in [0.15, 0.2) is 0 Å². The van der Waals surface area contributed by atoms with Gasteiger partial charge in [-0.1, -0.05) is 35.9 Å². The van der Waals surface area contributed by atoms with Gasteiger partial charge in [-0.15, -0.1) is 0 Å². The van der Waals surface area contributed by atoms with E-state index in [0.29, 0.717) is 24.3 Å². The third kappa shape index (κ3) is 3.65. The number of halogens is 1. The third-order valence-corrected chi connectivity index (χ3v) is 5.98. The molecule has 5 nitrogen and oxygen atoms in total. The first kappa shape index (κ1) is 17.8. The summed E-state index contributed by atoms with van der Waals surface area (Å²) in [7, 11) is -1.93. The molecule has 2 aromatic carbocycles. The number of rotatable bonds is 3. The van der Waals surface area contributed by atoms with Crippen molar-refractivity contribution in [2.24, 2.45) is 0 Å². The zero-order valence-corrected chi connectivity index (χ0v) is 15.6. The fourth-order valence-corrected chi connectivity index (χ4v) is 3.66. The second kappa shape index (κ2) is 6.69. The van der Waals surface area contributed by atoms with Crippen molar-refractivity contribution < 1.29 is 13.2 Å². The Labute approximate surface area is 152 Å². The summed E-state index contributed by atoms with van der Waals surface area (Å²) in [6.45, 7) is 1.19. The molecular formula is C18H19ClN2O3S. The van der Waals surface area contributed by atoms with E-state index in [-0.39, 0.29) is 10.9 Å². The Hall–Kier alpha value is -2.05. The quantitative estimate of drug-likeness (QED) is 0.825. The molecule has 7 heteroatoms. The van der Waals surface area contributed by atoms with E-state index in [1.807, 2.05) is 18.2 Å². The monoisotopic (exact) mass is 378 g/mol. The average molecular weight is 379 g/mol. The van der Waals surface area contributed by atoms with Gasteiger partial charge in [-0.2, -0.15) is 0 Å². The second-order valence-electron chi connectivity index (χ2n) is 6.14. The van der Waals surface area contributed by atoms with Crippen molar-refractivity contribution in [3.8, 4) is 0 Å². The first-order valence-electron chi connectivity index (χ1n) is 7.87. The molecule has 132 valence electrons. The molecule has 25 heavy (non-hydrogen) atoms. The molecule has 0 aliphatic carbocycles. The number of carbonyl (C=O) groups excluding carboxylic acids is 1. The van der Waals surface area contributed by atoms with Gasteiger partial charge < -0.3 is 4.90 Å². The molecule has 0 unspecified atom stereocenters. The third-order valence-electron chi connectivity index (χ3n) is 4.46. The molecule has 0 saturated heterocycles. The van der Waals surface area contributed by atoms with Gasteiger partial charge in [0.1, 0.15) is 0 Å². The van der Waals surface area contributed by atoms with Crippen LogP contribution in [-0.4, -0.2) is 39.1 Å². The Morgan fingerprint density at radius 1 is 1.16 bits per heavy atom. The maximum absolute atomic E-state index is 12.8. The number of fused-ring (bicyclic) bond motifs is 1. The Morgan fingerprint density at radius 2 is 1.84 bits per heavy atom. The van der Waals surface area contributed by atoms with E-state index in [4.69, 9.17) is 11.6 Å². The Balaban J connectivity index is 1.84. The summed E-state index contributed by atoms with van der Waals surface area (Å²) >= 11 is 6.27. The molecule has 1 heterocycles. The smallest absolute Gasteiger partial charge is 0.255 e. The van der Waals surface area contributed by atoms with Crippen LogP contribution in [0.4, 0.5) is 5.69 Å². The lowest BCUT2D eigenvalue weighted by atomic mass is 9.99. The highest BCUT2D eigenvalue weighted by atomic mass is 35.5. The van der Waals surface area contributed by atoms with Crippen molar-refractivity contribution in [1.82, 2.24) is 4.90 Å².